The number of hydrogen-bond acceptors (Lipinski definition) is 4. The Hall–Kier alpha value is -1.75. The van der Waals surface area contributed by atoms with Gasteiger partial charge in [0.15, 0.2) is 0 Å². The number of carbonyl (C=O) groups excluding carboxylic acids is 1. The number of carbonyl (C=O) groups is 1. The summed E-state index contributed by atoms with van der Waals surface area (Å²) >= 11 is 0. The Morgan fingerprint density at radius 1 is 1.35 bits per heavy atom. The quantitative estimate of drug-likeness (QED) is 0.904. The van der Waals surface area contributed by atoms with Crippen LogP contribution in [0.4, 0.5) is 10.5 Å². The van der Waals surface area contributed by atoms with Crippen molar-refractivity contribution in [3.05, 3.63) is 24.3 Å². The van der Waals surface area contributed by atoms with E-state index in [1.165, 1.54) is 12.8 Å². The zero-order valence-electron chi connectivity index (χ0n) is 14.0. The van der Waals surface area contributed by atoms with E-state index >= 15 is 0 Å². The van der Waals surface area contributed by atoms with Crippen molar-refractivity contribution in [2.24, 2.45) is 11.8 Å². The number of anilines is 1. The van der Waals surface area contributed by atoms with Crippen molar-refractivity contribution in [3.63, 3.8) is 0 Å². The third kappa shape index (κ3) is 3.78. The molecule has 1 amide bonds. The first-order valence-corrected chi connectivity index (χ1v) is 8.51. The first kappa shape index (κ1) is 16.1. The summed E-state index contributed by atoms with van der Waals surface area (Å²) in [5.74, 6) is 2.40. The van der Waals surface area contributed by atoms with Gasteiger partial charge >= 0.3 is 6.09 Å². The van der Waals surface area contributed by atoms with Crippen molar-refractivity contribution in [1.82, 2.24) is 4.90 Å². The highest BCUT2D eigenvalue weighted by molar-refractivity contribution is 5.84. The second-order valence-electron chi connectivity index (χ2n) is 6.55. The summed E-state index contributed by atoms with van der Waals surface area (Å²) in [5, 5.41) is 2.76. The van der Waals surface area contributed by atoms with Gasteiger partial charge in [-0.2, -0.15) is 0 Å². The third-order valence-electron chi connectivity index (χ3n) is 5.28. The molecule has 0 saturated carbocycles. The number of ether oxygens (including phenoxy) is 2. The molecule has 0 spiro atoms. The van der Waals surface area contributed by atoms with E-state index in [9.17, 15) is 4.79 Å². The summed E-state index contributed by atoms with van der Waals surface area (Å²) in [6.45, 7) is 5.07. The molecule has 5 nitrogen and oxygen atoms in total. The second kappa shape index (κ2) is 7.21. The normalized spacial score (nSPS) is 29.1. The van der Waals surface area contributed by atoms with Crippen LogP contribution in [-0.2, 0) is 4.74 Å². The van der Waals surface area contributed by atoms with Gasteiger partial charge in [-0.15, -0.1) is 0 Å². The van der Waals surface area contributed by atoms with Crippen molar-refractivity contribution < 1.29 is 14.3 Å². The van der Waals surface area contributed by atoms with Crippen LogP contribution in [0, 0.1) is 11.8 Å². The number of piperidine rings is 3. The van der Waals surface area contributed by atoms with E-state index in [0.29, 0.717) is 18.3 Å². The van der Waals surface area contributed by atoms with Crippen LogP contribution in [0.3, 0.4) is 0 Å². The lowest BCUT2D eigenvalue weighted by atomic mass is 9.75. The number of rotatable bonds is 5. The van der Waals surface area contributed by atoms with Crippen molar-refractivity contribution >= 4 is 11.8 Å². The van der Waals surface area contributed by atoms with Gasteiger partial charge in [-0.25, -0.2) is 4.79 Å². The average molecular weight is 318 g/mol. The fourth-order valence-corrected chi connectivity index (χ4v) is 3.89. The molecule has 3 heterocycles. The Kier molecular flexibility index (Phi) is 5.06. The topological polar surface area (TPSA) is 50.8 Å². The Bertz CT molecular complexity index is 532. The summed E-state index contributed by atoms with van der Waals surface area (Å²) < 4.78 is 10.5. The highest BCUT2D eigenvalue weighted by Crippen LogP contribution is 2.37. The van der Waals surface area contributed by atoms with Gasteiger partial charge in [0.1, 0.15) is 12.4 Å². The molecular formula is C18H26N2O3. The van der Waals surface area contributed by atoms with Gasteiger partial charge in [-0.05, 0) is 55.5 Å². The Labute approximate surface area is 137 Å². The Morgan fingerprint density at radius 3 is 2.74 bits per heavy atom. The van der Waals surface area contributed by atoms with Crippen molar-refractivity contribution in [2.75, 3.05) is 32.1 Å². The predicted octanol–water partition coefficient (Wildman–Crippen LogP) is 3.36. The van der Waals surface area contributed by atoms with Crippen LogP contribution in [0.1, 0.15) is 26.2 Å². The minimum Gasteiger partial charge on any atom is -0.497 e. The highest BCUT2D eigenvalue weighted by Gasteiger charge is 2.39. The Morgan fingerprint density at radius 2 is 2.13 bits per heavy atom. The molecule has 2 bridgehead atoms. The molecule has 0 aromatic heterocycles. The molecule has 3 saturated heterocycles. The molecule has 0 radical (unpaired) electrons. The van der Waals surface area contributed by atoms with E-state index in [-0.39, 0.29) is 6.09 Å². The summed E-state index contributed by atoms with van der Waals surface area (Å²) in [7, 11) is 1.62. The molecule has 23 heavy (non-hydrogen) atoms. The predicted molar refractivity (Wildman–Crippen MR) is 89.8 cm³/mol. The zero-order valence-corrected chi connectivity index (χ0v) is 14.0. The smallest absolute Gasteiger partial charge is 0.411 e. The molecule has 1 aromatic carbocycles. The van der Waals surface area contributed by atoms with Crippen LogP contribution in [0.2, 0.25) is 0 Å². The van der Waals surface area contributed by atoms with Crippen molar-refractivity contribution in [1.29, 1.82) is 0 Å². The fourth-order valence-electron chi connectivity index (χ4n) is 3.89. The summed E-state index contributed by atoms with van der Waals surface area (Å²) in [6, 6.07) is 7.62. The molecule has 1 N–H and O–H groups in total. The minimum atomic E-state index is -0.384. The van der Waals surface area contributed by atoms with E-state index in [4.69, 9.17) is 9.47 Å². The van der Waals surface area contributed by atoms with Crippen LogP contribution >= 0.6 is 0 Å². The molecule has 4 rings (SSSR count). The molecule has 3 aliphatic heterocycles. The maximum Gasteiger partial charge on any atom is 0.411 e. The van der Waals surface area contributed by atoms with Gasteiger partial charge < -0.3 is 9.47 Å². The molecule has 1 aromatic rings. The van der Waals surface area contributed by atoms with Crippen LogP contribution in [0.25, 0.3) is 0 Å². The lowest BCUT2D eigenvalue weighted by Crippen LogP contribution is -2.54. The number of amides is 1. The van der Waals surface area contributed by atoms with Crippen LogP contribution < -0.4 is 10.1 Å². The number of benzene rings is 1. The van der Waals surface area contributed by atoms with E-state index in [1.807, 2.05) is 12.1 Å². The van der Waals surface area contributed by atoms with Gasteiger partial charge in [0, 0.05) is 18.3 Å². The van der Waals surface area contributed by atoms with E-state index in [2.05, 4.69) is 17.1 Å². The van der Waals surface area contributed by atoms with Crippen molar-refractivity contribution in [2.45, 2.75) is 32.2 Å². The maximum absolute atomic E-state index is 12.0. The molecule has 1 unspecified atom stereocenters. The lowest BCUT2D eigenvalue weighted by Gasteiger charge is -2.49. The highest BCUT2D eigenvalue weighted by atomic mass is 16.5. The number of hydrogen-bond donors (Lipinski definition) is 1. The fraction of sp³-hybridized carbons (Fsp3) is 0.611. The Balaban J connectivity index is 1.46. The van der Waals surface area contributed by atoms with Crippen molar-refractivity contribution in [3.8, 4) is 5.75 Å². The number of nitrogens with one attached hydrogen (secondary N) is 1. The van der Waals surface area contributed by atoms with Gasteiger partial charge in [0.05, 0.1) is 7.11 Å². The van der Waals surface area contributed by atoms with Gasteiger partial charge in [-0.1, -0.05) is 13.3 Å². The van der Waals surface area contributed by atoms with Gasteiger partial charge in [0.25, 0.3) is 0 Å². The molecule has 126 valence electrons. The summed E-state index contributed by atoms with van der Waals surface area (Å²) in [4.78, 5) is 14.4. The first-order valence-electron chi connectivity index (χ1n) is 8.51. The van der Waals surface area contributed by atoms with Crippen LogP contribution in [0.15, 0.2) is 24.3 Å². The third-order valence-corrected chi connectivity index (χ3v) is 5.28. The number of fused-ring (bicyclic) bond motifs is 3. The minimum absolute atomic E-state index is 0.384. The SMILES string of the molecule is CC[C@@H]1CN2CC[C@H]1C[C@@H]2COC(=O)Nc1ccc(OC)cc1. The van der Waals surface area contributed by atoms with Crippen LogP contribution in [-0.4, -0.2) is 43.8 Å². The van der Waals surface area contributed by atoms with Crippen LogP contribution in [0.5, 0.6) is 5.75 Å². The molecular weight excluding hydrogens is 292 g/mol. The number of methoxy groups -OCH3 is 1. The van der Waals surface area contributed by atoms with Gasteiger partial charge in [-0.3, -0.25) is 10.2 Å². The number of nitrogens with zero attached hydrogens (tertiary/aromatic N) is 1. The van der Waals surface area contributed by atoms with E-state index < -0.39 is 0 Å². The van der Waals surface area contributed by atoms with E-state index in [1.54, 1.807) is 19.2 Å². The molecule has 3 fully saturated rings. The molecule has 4 atom stereocenters. The first-order chi connectivity index (χ1) is 11.2. The van der Waals surface area contributed by atoms with Gasteiger partial charge in [0.2, 0.25) is 0 Å². The largest absolute Gasteiger partial charge is 0.497 e. The van der Waals surface area contributed by atoms with E-state index in [0.717, 1.165) is 37.1 Å². The second-order valence-corrected chi connectivity index (χ2v) is 6.55. The molecule has 0 aliphatic carbocycles. The average Bonchev–Trinajstić information content (AvgIpc) is 2.61. The summed E-state index contributed by atoms with van der Waals surface area (Å²) in [6.07, 6.45) is 3.33. The monoisotopic (exact) mass is 318 g/mol. The molecule has 3 aliphatic rings. The zero-order chi connectivity index (χ0) is 16.2. The standard InChI is InChI=1S/C18H26N2O3/c1-3-13-11-20-9-8-14(13)10-16(20)12-23-18(21)19-15-4-6-17(22-2)7-5-15/h4-7,13-14,16H,3,8-12H2,1-2H3,(H,19,21)/t13-,14+,16-/m1/s1. The maximum atomic E-state index is 12.0. The molecule has 5 heteroatoms. The lowest BCUT2D eigenvalue weighted by molar-refractivity contribution is -0.0240. The summed E-state index contributed by atoms with van der Waals surface area (Å²) in [5.41, 5.74) is 0.715.